The Kier molecular flexibility index (Phi) is 6.84. The normalized spacial score (nSPS) is 12.6. The molecule has 0 aromatic heterocycles. The average molecular weight is 312 g/mol. The molecule has 0 atom stereocenters. The highest BCUT2D eigenvalue weighted by molar-refractivity contribution is 7.89. The van der Waals surface area contributed by atoms with Crippen molar-refractivity contribution in [2.75, 3.05) is 6.54 Å². The van der Waals surface area contributed by atoms with Gasteiger partial charge in [0.05, 0.1) is 4.90 Å². The Hall–Kier alpha value is -0.910. The molecular weight excluding hydrogens is 284 g/mol. The van der Waals surface area contributed by atoms with Gasteiger partial charge < -0.3 is 5.32 Å². The van der Waals surface area contributed by atoms with Crippen molar-refractivity contribution in [3.63, 3.8) is 0 Å². The molecule has 0 saturated carbocycles. The molecular formula is C16H28N2O2S. The molecule has 0 heterocycles. The third-order valence-electron chi connectivity index (χ3n) is 3.95. The highest BCUT2D eigenvalue weighted by Gasteiger charge is 2.28. The molecule has 1 aromatic carbocycles. The monoisotopic (exact) mass is 312 g/mol. The van der Waals surface area contributed by atoms with Crippen molar-refractivity contribution in [1.29, 1.82) is 0 Å². The van der Waals surface area contributed by atoms with Crippen LogP contribution >= 0.6 is 0 Å². The minimum absolute atomic E-state index is 0.377. The molecule has 0 bridgehead atoms. The molecule has 0 fully saturated rings. The maximum absolute atomic E-state index is 12.7. The summed E-state index contributed by atoms with van der Waals surface area (Å²) < 4.78 is 28.2. The number of hydrogen-bond acceptors (Lipinski definition) is 3. The summed E-state index contributed by atoms with van der Waals surface area (Å²) in [5, 5.41) is 3.26. The van der Waals surface area contributed by atoms with Crippen LogP contribution in [0.15, 0.2) is 29.2 Å². The number of rotatable bonds is 9. The Bertz CT molecular complexity index is 537. The summed E-state index contributed by atoms with van der Waals surface area (Å²) in [6, 6.07) is 7.19. The Balaban J connectivity index is 3.02. The molecule has 0 amide bonds. The van der Waals surface area contributed by atoms with Crippen LogP contribution in [0.2, 0.25) is 0 Å². The molecule has 0 saturated heterocycles. The van der Waals surface area contributed by atoms with E-state index < -0.39 is 15.6 Å². The van der Waals surface area contributed by atoms with E-state index in [1.165, 1.54) is 0 Å². The molecule has 0 aliphatic heterocycles. The molecule has 0 radical (unpaired) electrons. The van der Waals surface area contributed by atoms with Crippen LogP contribution in [0.3, 0.4) is 0 Å². The predicted octanol–water partition coefficient (Wildman–Crippen LogP) is 3.04. The first kappa shape index (κ1) is 18.1. The standard InChI is InChI=1S/C16H28N2O2S/c1-5-12-17-13-14-10-8-9-11-15(14)21(19,20)18-16(4,6-2)7-3/h8-11,17-18H,5-7,12-13H2,1-4H3. The second-order valence-electron chi connectivity index (χ2n) is 5.66. The topological polar surface area (TPSA) is 58.2 Å². The fourth-order valence-corrected chi connectivity index (χ4v) is 3.88. The van der Waals surface area contributed by atoms with Crippen LogP contribution in [-0.4, -0.2) is 20.5 Å². The Morgan fingerprint density at radius 2 is 1.71 bits per heavy atom. The summed E-state index contributed by atoms with van der Waals surface area (Å²) in [6.07, 6.45) is 2.55. The van der Waals surface area contributed by atoms with E-state index in [0.717, 1.165) is 31.4 Å². The number of hydrogen-bond donors (Lipinski definition) is 2. The van der Waals surface area contributed by atoms with Gasteiger partial charge in [0.15, 0.2) is 0 Å². The molecule has 21 heavy (non-hydrogen) atoms. The summed E-state index contributed by atoms with van der Waals surface area (Å²) in [4.78, 5) is 0.377. The zero-order chi connectivity index (χ0) is 15.9. The first-order valence-electron chi connectivity index (χ1n) is 7.71. The van der Waals surface area contributed by atoms with Gasteiger partial charge in [-0.15, -0.1) is 0 Å². The van der Waals surface area contributed by atoms with Crippen molar-refractivity contribution in [2.45, 2.75) is 63.9 Å². The fraction of sp³-hybridized carbons (Fsp3) is 0.625. The minimum Gasteiger partial charge on any atom is -0.313 e. The molecule has 0 spiro atoms. The van der Waals surface area contributed by atoms with Gasteiger partial charge >= 0.3 is 0 Å². The number of benzene rings is 1. The van der Waals surface area contributed by atoms with Crippen LogP contribution < -0.4 is 10.0 Å². The average Bonchev–Trinajstić information content (AvgIpc) is 2.47. The van der Waals surface area contributed by atoms with Gasteiger partial charge in [-0.25, -0.2) is 13.1 Å². The molecule has 1 rings (SSSR count). The van der Waals surface area contributed by atoms with Gasteiger partial charge in [0.25, 0.3) is 0 Å². The Morgan fingerprint density at radius 3 is 2.29 bits per heavy atom. The lowest BCUT2D eigenvalue weighted by Gasteiger charge is -2.28. The van der Waals surface area contributed by atoms with Gasteiger partial charge in [-0.05, 0) is 44.4 Å². The Morgan fingerprint density at radius 1 is 1.10 bits per heavy atom. The van der Waals surface area contributed by atoms with Crippen molar-refractivity contribution in [3.8, 4) is 0 Å². The molecule has 120 valence electrons. The summed E-state index contributed by atoms with van der Waals surface area (Å²) in [5.41, 5.74) is 0.413. The largest absolute Gasteiger partial charge is 0.313 e. The van der Waals surface area contributed by atoms with Gasteiger partial charge in [0.2, 0.25) is 10.0 Å². The smallest absolute Gasteiger partial charge is 0.241 e. The van der Waals surface area contributed by atoms with E-state index in [4.69, 9.17) is 0 Å². The van der Waals surface area contributed by atoms with Crippen LogP contribution in [0.5, 0.6) is 0 Å². The molecule has 0 unspecified atom stereocenters. The van der Waals surface area contributed by atoms with Crippen LogP contribution in [0.25, 0.3) is 0 Å². The van der Waals surface area contributed by atoms with Crippen LogP contribution in [0.1, 0.15) is 52.5 Å². The third-order valence-corrected chi connectivity index (χ3v) is 5.68. The van der Waals surface area contributed by atoms with Crippen LogP contribution in [0, 0.1) is 0 Å². The van der Waals surface area contributed by atoms with Gasteiger partial charge in [-0.2, -0.15) is 0 Å². The molecule has 0 aliphatic rings. The van der Waals surface area contributed by atoms with E-state index in [1.807, 2.05) is 32.9 Å². The van der Waals surface area contributed by atoms with Crippen molar-refractivity contribution in [3.05, 3.63) is 29.8 Å². The zero-order valence-electron chi connectivity index (χ0n) is 13.6. The van der Waals surface area contributed by atoms with Crippen molar-refractivity contribution >= 4 is 10.0 Å². The maximum atomic E-state index is 12.7. The van der Waals surface area contributed by atoms with Crippen molar-refractivity contribution in [2.24, 2.45) is 0 Å². The maximum Gasteiger partial charge on any atom is 0.241 e. The molecule has 2 N–H and O–H groups in total. The summed E-state index contributed by atoms with van der Waals surface area (Å²) in [5.74, 6) is 0. The van der Waals surface area contributed by atoms with Gasteiger partial charge in [-0.3, -0.25) is 0 Å². The first-order chi connectivity index (χ1) is 9.88. The second kappa shape index (κ2) is 7.92. The predicted molar refractivity (Wildman–Crippen MR) is 87.7 cm³/mol. The van der Waals surface area contributed by atoms with E-state index in [1.54, 1.807) is 12.1 Å². The van der Waals surface area contributed by atoms with Crippen molar-refractivity contribution < 1.29 is 8.42 Å². The Labute approximate surface area is 129 Å². The van der Waals surface area contributed by atoms with Crippen LogP contribution in [0.4, 0.5) is 0 Å². The van der Waals surface area contributed by atoms with Crippen molar-refractivity contribution in [1.82, 2.24) is 10.0 Å². The summed E-state index contributed by atoms with van der Waals surface area (Å²) >= 11 is 0. The van der Waals surface area contributed by atoms with Gasteiger partial charge in [-0.1, -0.05) is 39.0 Å². The minimum atomic E-state index is -3.50. The molecule has 1 aromatic rings. The first-order valence-corrected chi connectivity index (χ1v) is 9.19. The number of sulfonamides is 1. The second-order valence-corrected chi connectivity index (χ2v) is 7.31. The quantitative estimate of drug-likeness (QED) is 0.689. The lowest BCUT2D eigenvalue weighted by Crippen LogP contribution is -2.45. The van der Waals surface area contributed by atoms with Gasteiger partial charge in [0, 0.05) is 12.1 Å². The van der Waals surface area contributed by atoms with Crippen LogP contribution in [-0.2, 0) is 16.6 Å². The lowest BCUT2D eigenvalue weighted by atomic mass is 9.98. The highest BCUT2D eigenvalue weighted by Crippen LogP contribution is 2.21. The number of nitrogens with one attached hydrogen (secondary N) is 2. The molecule has 4 nitrogen and oxygen atoms in total. The van der Waals surface area contributed by atoms with E-state index in [0.29, 0.717) is 11.4 Å². The molecule has 0 aliphatic carbocycles. The zero-order valence-corrected chi connectivity index (χ0v) is 14.4. The van der Waals surface area contributed by atoms with E-state index in [-0.39, 0.29) is 0 Å². The van der Waals surface area contributed by atoms with Gasteiger partial charge in [0.1, 0.15) is 0 Å². The lowest BCUT2D eigenvalue weighted by molar-refractivity contribution is 0.388. The SMILES string of the molecule is CCCNCc1ccccc1S(=O)(=O)NC(C)(CC)CC. The van der Waals surface area contributed by atoms with E-state index in [2.05, 4.69) is 17.0 Å². The summed E-state index contributed by atoms with van der Waals surface area (Å²) in [6.45, 7) is 9.48. The van der Waals surface area contributed by atoms with E-state index >= 15 is 0 Å². The fourth-order valence-electron chi connectivity index (χ4n) is 2.09. The third kappa shape index (κ3) is 5.09. The van der Waals surface area contributed by atoms with E-state index in [9.17, 15) is 8.42 Å². The highest BCUT2D eigenvalue weighted by atomic mass is 32.2. The molecule has 5 heteroatoms. The summed E-state index contributed by atoms with van der Waals surface area (Å²) in [7, 11) is -3.50.